The van der Waals surface area contributed by atoms with Gasteiger partial charge < -0.3 is 5.11 Å². The minimum atomic E-state index is -3.76. The van der Waals surface area contributed by atoms with Gasteiger partial charge in [-0.1, -0.05) is 60.7 Å². The number of sulfonamides is 1. The van der Waals surface area contributed by atoms with Crippen molar-refractivity contribution in [3.8, 4) is 11.1 Å². The van der Waals surface area contributed by atoms with E-state index in [1.807, 2.05) is 36.4 Å². The van der Waals surface area contributed by atoms with Gasteiger partial charge in [0.2, 0.25) is 0 Å². The van der Waals surface area contributed by atoms with Gasteiger partial charge in [0, 0.05) is 18.2 Å². The lowest BCUT2D eigenvalue weighted by molar-refractivity contribution is 0.218. The Bertz CT molecular complexity index is 1050. The lowest BCUT2D eigenvalue weighted by Gasteiger charge is -2.19. The number of fused-ring (bicyclic) bond motifs is 2. The average molecular weight is 351 g/mol. The molecule has 0 spiro atoms. The van der Waals surface area contributed by atoms with Gasteiger partial charge in [-0.25, -0.2) is 8.42 Å². The molecule has 126 valence electrons. The van der Waals surface area contributed by atoms with Crippen LogP contribution in [-0.4, -0.2) is 20.6 Å². The van der Waals surface area contributed by atoms with Gasteiger partial charge in [0.15, 0.2) is 0 Å². The number of aliphatic hydroxyl groups is 1. The molecule has 1 aliphatic heterocycles. The Hall–Kier alpha value is -2.63. The number of hydrogen-bond acceptors (Lipinski definition) is 3. The van der Waals surface area contributed by atoms with Gasteiger partial charge in [-0.3, -0.25) is 4.31 Å². The van der Waals surface area contributed by atoms with E-state index in [0.717, 1.165) is 11.1 Å². The summed E-state index contributed by atoms with van der Waals surface area (Å²) in [6.07, 6.45) is -0.990. The molecule has 0 saturated carbocycles. The van der Waals surface area contributed by atoms with Crippen molar-refractivity contribution >= 4 is 15.7 Å². The van der Waals surface area contributed by atoms with Crippen LogP contribution in [0.15, 0.2) is 77.7 Å². The third-order valence-electron chi connectivity index (χ3n) is 4.62. The molecule has 0 fully saturated rings. The molecule has 5 heteroatoms. The summed E-state index contributed by atoms with van der Waals surface area (Å²) < 4.78 is 27.5. The Labute approximate surface area is 147 Å². The highest BCUT2D eigenvalue weighted by Gasteiger charge is 2.34. The second-order valence-electron chi connectivity index (χ2n) is 6.05. The molecule has 3 aromatic carbocycles. The van der Waals surface area contributed by atoms with E-state index in [1.54, 1.807) is 36.4 Å². The predicted molar refractivity (Wildman–Crippen MR) is 98.0 cm³/mol. The van der Waals surface area contributed by atoms with Crippen LogP contribution in [0, 0.1) is 0 Å². The largest absolute Gasteiger partial charge is 0.384 e. The van der Waals surface area contributed by atoms with E-state index in [2.05, 4.69) is 0 Å². The van der Waals surface area contributed by atoms with Gasteiger partial charge in [-0.15, -0.1) is 0 Å². The highest BCUT2D eigenvalue weighted by molar-refractivity contribution is 7.92. The normalized spacial score (nSPS) is 18.2. The lowest BCUT2D eigenvalue weighted by Crippen LogP contribution is -2.26. The van der Waals surface area contributed by atoms with E-state index >= 15 is 0 Å². The minimum Gasteiger partial charge on any atom is -0.384 e. The van der Waals surface area contributed by atoms with Crippen LogP contribution in [0.2, 0.25) is 0 Å². The minimum absolute atomic E-state index is 0.139. The zero-order valence-electron chi connectivity index (χ0n) is 13.6. The third kappa shape index (κ3) is 2.44. The Morgan fingerprint density at radius 2 is 1.52 bits per heavy atom. The summed E-state index contributed by atoms with van der Waals surface area (Å²) in [5, 5.41) is 10.8. The van der Waals surface area contributed by atoms with Crippen LogP contribution in [0.1, 0.15) is 17.2 Å². The quantitative estimate of drug-likeness (QED) is 0.729. The zero-order valence-corrected chi connectivity index (χ0v) is 14.4. The average Bonchev–Trinajstić information content (AvgIpc) is 2.72. The molecular formula is C20H17NO3S. The molecule has 0 saturated heterocycles. The number of hydrogen-bond donors (Lipinski definition) is 1. The fourth-order valence-electron chi connectivity index (χ4n) is 3.24. The van der Waals surface area contributed by atoms with Crippen LogP contribution < -0.4 is 4.31 Å². The third-order valence-corrected chi connectivity index (χ3v) is 6.45. The first-order valence-corrected chi connectivity index (χ1v) is 9.39. The fourth-order valence-corrected chi connectivity index (χ4v) is 4.72. The molecule has 1 aliphatic rings. The van der Waals surface area contributed by atoms with Gasteiger partial charge in [0.05, 0.1) is 10.6 Å². The maximum absolute atomic E-state index is 13.1. The number of aliphatic hydroxyl groups excluding tert-OH is 1. The molecule has 0 bridgehead atoms. The molecule has 3 aromatic rings. The van der Waals surface area contributed by atoms with Crippen LogP contribution in [0.25, 0.3) is 11.1 Å². The van der Waals surface area contributed by atoms with E-state index < -0.39 is 16.1 Å². The van der Waals surface area contributed by atoms with Crippen molar-refractivity contribution in [3.05, 3.63) is 83.9 Å². The highest BCUT2D eigenvalue weighted by Crippen LogP contribution is 2.41. The van der Waals surface area contributed by atoms with Crippen LogP contribution in [-0.2, 0) is 10.0 Å². The van der Waals surface area contributed by atoms with Crippen molar-refractivity contribution < 1.29 is 13.5 Å². The summed E-state index contributed by atoms with van der Waals surface area (Å²) in [6, 6.07) is 21.8. The number of nitrogens with zero attached hydrogens (tertiary/aromatic N) is 1. The SMILES string of the molecule is CN1c2ccccc2C(O)c2ccc(-c3ccccc3)cc2S1(=O)=O. The Morgan fingerprint density at radius 3 is 2.28 bits per heavy atom. The summed E-state index contributed by atoms with van der Waals surface area (Å²) >= 11 is 0. The van der Waals surface area contributed by atoms with Crippen molar-refractivity contribution in [3.63, 3.8) is 0 Å². The molecular weight excluding hydrogens is 334 g/mol. The first kappa shape index (κ1) is 15.9. The standard InChI is InChI=1S/C20H17NO3S/c1-21-18-10-6-5-9-16(18)20(22)17-12-11-15(13-19(17)25(21,23)24)14-7-3-2-4-8-14/h2-13,20,22H,1H3. The number of para-hydroxylation sites is 1. The van der Waals surface area contributed by atoms with Crippen molar-refractivity contribution in [2.24, 2.45) is 0 Å². The fraction of sp³-hybridized carbons (Fsp3) is 0.100. The van der Waals surface area contributed by atoms with E-state index in [9.17, 15) is 13.5 Å². The molecule has 0 radical (unpaired) electrons. The molecule has 4 nitrogen and oxygen atoms in total. The molecule has 0 aromatic heterocycles. The monoisotopic (exact) mass is 351 g/mol. The smallest absolute Gasteiger partial charge is 0.264 e. The van der Waals surface area contributed by atoms with Crippen LogP contribution in [0.3, 0.4) is 0 Å². The first-order valence-electron chi connectivity index (χ1n) is 7.95. The number of benzene rings is 3. The zero-order chi connectivity index (χ0) is 17.6. The van der Waals surface area contributed by atoms with Crippen molar-refractivity contribution in [2.75, 3.05) is 11.4 Å². The highest BCUT2D eigenvalue weighted by atomic mass is 32.2. The van der Waals surface area contributed by atoms with Crippen LogP contribution >= 0.6 is 0 Å². The van der Waals surface area contributed by atoms with Gasteiger partial charge in [-0.2, -0.15) is 0 Å². The second kappa shape index (κ2) is 5.72. The maximum Gasteiger partial charge on any atom is 0.264 e. The summed E-state index contributed by atoms with van der Waals surface area (Å²) in [4.78, 5) is 0.139. The summed E-state index contributed by atoms with van der Waals surface area (Å²) in [5.41, 5.74) is 3.21. The molecule has 1 heterocycles. The lowest BCUT2D eigenvalue weighted by atomic mass is 9.97. The molecule has 0 amide bonds. The second-order valence-corrected chi connectivity index (χ2v) is 7.99. The van der Waals surface area contributed by atoms with Gasteiger partial charge in [0.25, 0.3) is 10.0 Å². The van der Waals surface area contributed by atoms with E-state index in [0.29, 0.717) is 16.8 Å². The van der Waals surface area contributed by atoms with Crippen molar-refractivity contribution in [1.82, 2.24) is 0 Å². The molecule has 1 unspecified atom stereocenters. The van der Waals surface area contributed by atoms with Gasteiger partial charge >= 0.3 is 0 Å². The molecule has 4 rings (SSSR count). The summed E-state index contributed by atoms with van der Waals surface area (Å²) in [5.74, 6) is 0. The maximum atomic E-state index is 13.1. The van der Waals surface area contributed by atoms with E-state index in [-0.39, 0.29) is 4.90 Å². The van der Waals surface area contributed by atoms with Crippen molar-refractivity contribution in [2.45, 2.75) is 11.0 Å². The first-order chi connectivity index (χ1) is 12.0. The van der Waals surface area contributed by atoms with E-state index in [4.69, 9.17) is 0 Å². The Morgan fingerprint density at radius 1 is 0.840 bits per heavy atom. The van der Waals surface area contributed by atoms with Gasteiger partial charge in [0.1, 0.15) is 6.10 Å². The number of anilines is 1. The Kier molecular flexibility index (Phi) is 3.63. The predicted octanol–water partition coefficient (Wildman–Crippen LogP) is 3.57. The van der Waals surface area contributed by atoms with Crippen molar-refractivity contribution in [1.29, 1.82) is 0 Å². The van der Waals surface area contributed by atoms with Gasteiger partial charge in [-0.05, 0) is 23.3 Å². The van der Waals surface area contributed by atoms with Crippen LogP contribution in [0.4, 0.5) is 5.69 Å². The van der Waals surface area contributed by atoms with Crippen LogP contribution in [0.5, 0.6) is 0 Å². The topological polar surface area (TPSA) is 57.6 Å². The molecule has 1 atom stereocenters. The molecule has 1 N–H and O–H groups in total. The Balaban J connectivity index is 1.99. The summed E-state index contributed by atoms with van der Waals surface area (Å²) in [7, 11) is -2.24. The molecule has 0 aliphatic carbocycles. The number of rotatable bonds is 1. The molecule has 25 heavy (non-hydrogen) atoms. The summed E-state index contributed by atoms with van der Waals surface area (Å²) in [6.45, 7) is 0. The van der Waals surface area contributed by atoms with E-state index in [1.165, 1.54) is 11.4 Å².